The maximum absolute atomic E-state index is 6.72. The summed E-state index contributed by atoms with van der Waals surface area (Å²) >= 11 is 0. The maximum Gasteiger partial charge on any atom is 0.139 e. The summed E-state index contributed by atoms with van der Waals surface area (Å²) in [5.41, 5.74) is 15.7. The molecule has 0 bridgehead atoms. The smallest absolute Gasteiger partial charge is 0.139 e. The minimum Gasteiger partial charge on any atom is -0.500 e. The summed E-state index contributed by atoms with van der Waals surface area (Å²) in [5, 5.41) is 4.27. The average molecular weight is 1010 g/mol. The molecule has 11 aromatic rings. The van der Waals surface area contributed by atoms with Crippen LogP contribution in [-0.4, -0.2) is 14.5 Å². The van der Waals surface area contributed by atoms with Crippen molar-refractivity contribution < 1.29 is 28.9 Å². The Morgan fingerprint density at radius 3 is 1.97 bits per heavy atom. The minimum absolute atomic E-state index is 0. The third-order valence-corrected chi connectivity index (χ3v) is 12.1. The Morgan fingerprint density at radius 2 is 1.27 bits per heavy atom. The third kappa shape index (κ3) is 7.76. The second kappa shape index (κ2) is 17.2. The molecule has 0 aliphatic rings. The zero-order valence-electron chi connectivity index (χ0n) is 37.2. The van der Waals surface area contributed by atoms with Gasteiger partial charge in [0.15, 0.2) is 0 Å². The third-order valence-electron chi connectivity index (χ3n) is 12.1. The summed E-state index contributed by atoms with van der Waals surface area (Å²) in [6.45, 7) is 15.7. The van der Waals surface area contributed by atoms with Crippen LogP contribution in [0.15, 0.2) is 167 Å². The largest absolute Gasteiger partial charge is 0.500 e. The van der Waals surface area contributed by atoms with E-state index in [4.69, 9.17) is 13.8 Å². The van der Waals surface area contributed by atoms with Crippen LogP contribution in [0.1, 0.15) is 77.0 Å². The van der Waals surface area contributed by atoms with Crippen LogP contribution in [0.4, 0.5) is 0 Å². The van der Waals surface area contributed by atoms with Crippen molar-refractivity contribution in [3.8, 4) is 39.5 Å². The van der Waals surface area contributed by atoms with E-state index in [9.17, 15) is 0 Å². The molecule has 0 amide bonds. The van der Waals surface area contributed by atoms with Gasteiger partial charge in [0.25, 0.3) is 0 Å². The number of rotatable bonds is 6. The van der Waals surface area contributed by atoms with Crippen molar-refractivity contribution in [1.82, 2.24) is 14.5 Å². The number of hydrogen-bond acceptors (Lipinski definition) is 4. The molecule has 0 N–H and O–H groups in total. The molecular formula is C58H49IrN3O2-2. The SMILES string of the molecule is CC(C)(C)c1ccc(-c2[c-]cccc2)nc1.CC(C)c1cc(-c2ccccc2)cc(C(C)C)c1-n1c(-c2[c-]ccc3c2oc2cc4oc5ccccc5c4cc23)nc2ccccc21.[Ir]. The molecule has 0 unspecified atom stereocenters. The number of pyridine rings is 1. The van der Waals surface area contributed by atoms with Gasteiger partial charge < -0.3 is 18.4 Å². The van der Waals surface area contributed by atoms with Crippen molar-refractivity contribution in [2.24, 2.45) is 0 Å². The molecule has 0 saturated carbocycles. The molecule has 0 atom stereocenters. The standard InChI is InChI=1S/C43H33N2O2.C15H16N.Ir/c1-25(2)32-21-28(27-13-6-5-7-14-27)22-33(26(3)4)41(32)45-37-19-10-9-18-36(37)44-43(45)31-17-12-16-30-35-23-34-29-15-8-11-20-38(29)46-39(34)24-40(35)47-42(30)31;1-15(2,3)13-9-10-14(16-11-13)12-7-5-4-6-8-12;/h5-16,18-26H,1-4H3;4-7,9-11H,1-3H3;/q2*-1;. The van der Waals surface area contributed by atoms with Gasteiger partial charge in [0, 0.05) is 54.2 Å². The second-order valence-corrected chi connectivity index (χ2v) is 18.0. The molecular weight excluding hydrogens is 963 g/mol. The van der Waals surface area contributed by atoms with Gasteiger partial charge in [-0.1, -0.05) is 132 Å². The fraction of sp³-hybridized carbons (Fsp3) is 0.172. The second-order valence-electron chi connectivity index (χ2n) is 18.0. The Kier molecular flexibility index (Phi) is 11.5. The van der Waals surface area contributed by atoms with Crippen LogP contribution in [-0.2, 0) is 25.5 Å². The number of nitrogens with zero attached hydrogens (tertiary/aromatic N) is 3. The molecule has 0 aliphatic heterocycles. The van der Waals surface area contributed by atoms with Crippen molar-refractivity contribution >= 4 is 54.9 Å². The predicted molar refractivity (Wildman–Crippen MR) is 261 cm³/mol. The summed E-state index contributed by atoms with van der Waals surface area (Å²) in [5.74, 6) is 1.37. The Bertz CT molecular complexity index is 3400. The molecule has 0 aliphatic carbocycles. The van der Waals surface area contributed by atoms with Gasteiger partial charge in [-0.15, -0.1) is 54.1 Å². The zero-order chi connectivity index (χ0) is 43.4. The van der Waals surface area contributed by atoms with E-state index >= 15 is 0 Å². The predicted octanol–water partition coefficient (Wildman–Crippen LogP) is 16.0. The minimum atomic E-state index is 0. The number of imidazole rings is 1. The summed E-state index contributed by atoms with van der Waals surface area (Å²) in [7, 11) is 0. The fourth-order valence-electron chi connectivity index (χ4n) is 8.71. The van der Waals surface area contributed by atoms with E-state index in [1.165, 1.54) is 33.5 Å². The molecule has 4 heterocycles. The van der Waals surface area contributed by atoms with Gasteiger partial charge in [-0.25, -0.2) is 0 Å². The van der Waals surface area contributed by atoms with Crippen LogP contribution in [0.2, 0.25) is 0 Å². The van der Waals surface area contributed by atoms with Crippen LogP contribution in [0, 0.1) is 12.1 Å². The first-order chi connectivity index (χ1) is 30.5. The first-order valence-corrected chi connectivity index (χ1v) is 21.9. The van der Waals surface area contributed by atoms with E-state index in [1.54, 1.807) is 0 Å². The number of hydrogen-bond donors (Lipinski definition) is 0. The number of fused-ring (bicyclic) bond motifs is 7. The molecule has 6 heteroatoms. The molecule has 5 nitrogen and oxygen atoms in total. The van der Waals surface area contributed by atoms with Gasteiger partial charge in [-0.2, -0.15) is 0 Å². The fourth-order valence-corrected chi connectivity index (χ4v) is 8.71. The summed E-state index contributed by atoms with van der Waals surface area (Å²) in [6.07, 6.45) is 1.95. The monoisotopic (exact) mass is 1010 g/mol. The van der Waals surface area contributed by atoms with Crippen LogP contribution < -0.4 is 0 Å². The van der Waals surface area contributed by atoms with Crippen molar-refractivity contribution in [2.45, 2.75) is 65.7 Å². The molecule has 1 radical (unpaired) electrons. The van der Waals surface area contributed by atoms with Gasteiger partial charge in [0.2, 0.25) is 0 Å². The van der Waals surface area contributed by atoms with Gasteiger partial charge in [0.1, 0.15) is 16.7 Å². The Hall–Kier alpha value is -6.59. The van der Waals surface area contributed by atoms with Gasteiger partial charge >= 0.3 is 0 Å². The molecule has 11 rings (SSSR count). The van der Waals surface area contributed by atoms with Gasteiger partial charge in [0.05, 0.1) is 22.4 Å². The van der Waals surface area contributed by atoms with Gasteiger partial charge in [-0.05, 0) is 87.2 Å². The Labute approximate surface area is 388 Å². The van der Waals surface area contributed by atoms with E-state index in [2.05, 4.69) is 173 Å². The van der Waals surface area contributed by atoms with E-state index in [-0.39, 0.29) is 37.4 Å². The summed E-state index contributed by atoms with van der Waals surface area (Å²) in [6, 6.07) is 59.2. The van der Waals surface area contributed by atoms with Crippen molar-refractivity contribution in [3.63, 3.8) is 0 Å². The van der Waals surface area contributed by atoms with Crippen LogP contribution in [0.3, 0.4) is 0 Å². The first-order valence-electron chi connectivity index (χ1n) is 21.9. The summed E-state index contributed by atoms with van der Waals surface area (Å²) in [4.78, 5) is 9.78. The van der Waals surface area contributed by atoms with Crippen LogP contribution >= 0.6 is 0 Å². The van der Waals surface area contributed by atoms with E-state index in [0.29, 0.717) is 0 Å². The topological polar surface area (TPSA) is 57.0 Å². The van der Waals surface area contributed by atoms with Gasteiger partial charge in [-0.3, -0.25) is 4.98 Å². The van der Waals surface area contributed by atoms with Crippen LogP contribution in [0.5, 0.6) is 0 Å². The molecule has 0 saturated heterocycles. The van der Waals surface area contributed by atoms with Crippen LogP contribution in [0.25, 0.3) is 94.4 Å². The number of para-hydroxylation sites is 3. The molecule has 4 aromatic heterocycles. The number of furan rings is 2. The Balaban J connectivity index is 0.000000258. The zero-order valence-corrected chi connectivity index (χ0v) is 39.6. The molecule has 64 heavy (non-hydrogen) atoms. The quantitative estimate of drug-likeness (QED) is 0.156. The van der Waals surface area contributed by atoms with E-state index in [1.807, 2.05) is 54.7 Å². The molecule has 319 valence electrons. The normalized spacial score (nSPS) is 11.8. The average Bonchev–Trinajstić information content (AvgIpc) is 3.99. The molecule has 0 spiro atoms. The summed E-state index contributed by atoms with van der Waals surface area (Å²) < 4.78 is 15.3. The number of aromatic nitrogens is 3. The van der Waals surface area contributed by atoms with E-state index in [0.717, 1.165) is 77.6 Å². The van der Waals surface area contributed by atoms with E-state index < -0.39 is 0 Å². The first kappa shape index (κ1) is 42.7. The van der Waals surface area contributed by atoms with Crippen molar-refractivity contribution in [2.75, 3.05) is 0 Å². The molecule has 0 fully saturated rings. The Morgan fingerprint density at radius 1 is 0.578 bits per heavy atom. The van der Waals surface area contributed by atoms with Crippen molar-refractivity contribution in [1.29, 1.82) is 0 Å². The number of benzene rings is 7. The maximum atomic E-state index is 6.72. The van der Waals surface area contributed by atoms with Crippen molar-refractivity contribution in [3.05, 3.63) is 187 Å². The molecule has 7 aromatic carbocycles.